The summed E-state index contributed by atoms with van der Waals surface area (Å²) in [6, 6.07) is 0.633. The molecule has 0 radical (unpaired) electrons. The highest BCUT2D eigenvalue weighted by atomic mass is 32.2. The van der Waals surface area contributed by atoms with Gasteiger partial charge in [0.25, 0.3) is 0 Å². The number of amides is 2. The van der Waals surface area contributed by atoms with Crippen LogP contribution in [0.1, 0.15) is 6.42 Å². The van der Waals surface area contributed by atoms with Gasteiger partial charge in [0.05, 0.1) is 18.2 Å². The van der Waals surface area contributed by atoms with E-state index in [2.05, 4.69) is 15.4 Å². The van der Waals surface area contributed by atoms with Gasteiger partial charge in [-0.2, -0.15) is 5.26 Å². The minimum atomic E-state index is -3.44. The molecule has 1 unspecified atom stereocenters. The fourth-order valence-corrected chi connectivity index (χ4v) is 2.06. The SMILES string of the molecule is COCC(=O)NC(CS(C)(=O)=O)C(=O)NCCC#N. The monoisotopic (exact) mass is 291 g/mol. The van der Waals surface area contributed by atoms with Gasteiger partial charge in [0.1, 0.15) is 22.5 Å². The van der Waals surface area contributed by atoms with Crippen molar-refractivity contribution in [1.29, 1.82) is 5.26 Å². The Labute approximate surface area is 112 Å². The smallest absolute Gasteiger partial charge is 0.246 e. The van der Waals surface area contributed by atoms with Crippen LogP contribution in [0.2, 0.25) is 0 Å². The number of hydrogen-bond acceptors (Lipinski definition) is 6. The number of nitriles is 1. The maximum Gasteiger partial charge on any atom is 0.246 e. The number of carbonyl (C=O) groups is 2. The highest BCUT2D eigenvalue weighted by Crippen LogP contribution is 1.93. The molecule has 0 fully saturated rings. The lowest BCUT2D eigenvalue weighted by atomic mass is 10.3. The van der Waals surface area contributed by atoms with Gasteiger partial charge in [-0.05, 0) is 0 Å². The van der Waals surface area contributed by atoms with E-state index < -0.39 is 33.4 Å². The number of carbonyl (C=O) groups excluding carboxylic acids is 2. The number of nitrogens with zero attached hydrogens (tertiary/aromatic N) is 1. The molecule has 0 aliphatic heterocycles. The predicted molar refractivity (Wildman–Crippen MR) is 66.8 cm³/mol. The Hall–Kier alpha value is -1.66. The molecule has 0 aromatic rings. The average Bonchev–Trinajstić information content (AvgIpc) is 2.26. The summed E-state index contributed by atoms with van der Waals surface area (Å²) in [4.78, 5) is 23.0. The third-order valence-electron chi connectivity index (χ3n) is 1.93. The normalized spacial score (nSPS) is 12.3. The predicted octanol–water partition coefficient (Wildman–Crippen LogP) is -1.81. The molecule has 0 bridgehead atoms. The van der Waals surface area contributed by atoms with Crippen molar-refractivity contribution in [3.8, 4) is 6.07 Å². The number of sulfone groups is 1. The van der Waals surface area contributed by atoms with E-state index in [1.807, 2.05) is 6.07 Å². The number of hydrogen-bond donors (Lipinski definition) is 2. The van der Waals surface area contributed by atoms with Crippen molar-refractivity contribution >= 4 is 21.7 Å². The van der Waals surface area contributed by atoms with Gasteiger partial charge in [-0.1, -0.05) is 0 Å². The Kier molecular flexibility index (Phi) is 7.71. The van der Waals surface area contributed by atoms with Crippen LogP contribution >= 0.6 is 0 Å². The molecule has 1 atom stereocenters. The minimum absolute atomic E-state index is 0.0930. The van der Waals surface area contributed by atoms with Crippen molar-refractivity contribution in [2.24, 2.45) is 0 Å². The molecule has 9 heteroatoms. The van der Waals surface area contributed by atoms with E-state index in [4.69, 9.17) is 5.26 Å². The van der Waals surface area contributed by atoms with E-state index in [0.29, 0.717) is 0 Å². The Morgan fingerprint density at radius 1 is 1.42 bits per heavy atom. The van der Waals surface area contributed by atoms with Crippen molar-refractivity contribution in [2.45, 2.75) is 12.5 Å². The first-order valence-electron chi connectivity index (χ1n) is 5.41. The number of ether oxygens (including phenoxy) is 1. The van der Waals surface area contributed by atoms with Gasteiger partial charge in [0.2, 0.25) is 11.8 Å². The van der Waals surface area contributed by atoms with Crippen LogP contribution in [0, 0.1) is 11.3 Å². The van der Waals surface area contributed by atoms with E-state index in [1.165, 1.54) is 7.11 Å². The van der Waals surface area contributed by atoms with Gasteiger partial charge in [-0.15, -0.1) is 0 Å². The fraction of sp³-hybridized carbons (Fsp3) is 0.700. The van der Waals surface area contributed by atoms with Crippen LogP contribution < -0.4 is 10.6 Å². The van der Waals surface area contributed by atoms with E-state index in [1.54, 1.807) is 0 Å². The van der Waals surface area contributed by atoms with E-state index in [9.17, 15) is 18.0 Å². The van der Waals surface area contributed by atoms with Gasteiger partial charge < -0.3 is 15.4 Å². The molecule has 2 amide bonds. The zero-order valence-corrected chi connectivity index (χ0v) is 11.6. The third kappa shape index (κ3) is 8.98. The molecule has 0 heterocycles. The summed E-state index contributed by atoms with van der Waals surface area (Å²) in [5.41, 5.74) is 0. The molecular weight excluding hydrogens is 274 g/mol. The summed E-state index contributed by atoms with van der Waals surface area (Å²) in [7, 11) is -2.14. The molecule has 0 saturated heterocycles. The standard InChI is InChI=1S/C10H17N3O5S/c1-18-6-9(14)13-8(7-19(2,16)17)10(15)12-5-3-4-11/h8H,3,5-7H2,1-2H3,(H,12,15)(H,13,14). The fourth-order valence-electron chi connectivity index (χ4n) is 1.22. The molecular formula is C10H17N3O5S. The summed E-state index contributed by atoms with van der Waals surface area (Å²) in [6.45, 7) is -0.179. The van der Waals surface area contributed by atoms with E-state index in [0.717, 1.165) is 6.26 Å². The molecule has 0 aliphatic rings. The molecule has 0 aromatic carbocycles. The van der Waals surface area contributed by atoms with Crippen molar-refractivity contribution < 1.29 is 22.7 Å². The zero-order valence-electron chi connectivity index (χ0n) is 10.8. The molecule has 0 aromatic heterocycles. The molecule has 108 valence electrons. The van der Waals surface area contributed by atoms with E-state index in [-0.39, 0.29) is 19.6 Å². The average molecular weight is 291 g/mol. The second-order valence-electron chi connectivity index (χ2n) is 3.84. The van der Waals surface area contributed by atoms with Crippen molar-refractivity contribution in [1.82, 2.24) is 10.6 Å². The Bertz CT molecular complexity index is 454. The second kappa shape index (κ2) is 8.44. The molecule has 2 N–H and O–H groups in total. The lowest BCUT2D eigenvalue weighted by Gasteiger charge is -2.17. The molecule has 0 spiro atoms. The van der Waals surface area contributed by atoms with Crippen LogP contribution in [0.15, 0.2) is 0 Å². The summed E-state index contributed by atoms with van der Waals surface area (Å²) in [6.07, 6.45) is 1.06. The maximum absolute atomic E-state index is 11.7. The van der Waals surface area contributed by atoms with Gasteiger partial charge in [-0.3, -0.25) is 9.59 Å². The number of rotatable bonds is 8. The minimum Gasteiger partial charge on any atom is -0.375 e. The highest BCUT2D eigenvalue weighted by molar-refractivity contribution is 7.90. The van der Waals surface area contributed by atoms with Crippen LogP contribution in [0.25, 0.3) is 0 Å². The number of methoxy groups -OCH3 is 1. The lowest BCUT2D eigenvalue weighted by Crippen LogP contribution is -2.51. The first-order valence-corrected chi connectivity index (χ1v) is 7.47. The van der Waals surface area contributed by atoms with Crippen molar-refractivity contribution in [2.75, 3.05) is 32.3 Å². The first kappa shape index (κ1) is 17.3. The van der Waals surface area contributed by atoms with Crippen LogP contribution in [0.5, 0.6) is 0 Å². The zero-order chi connectivity index (χ0) is 14.9. The Balaban J connectivity index is 4.62. The number of nitrogens with one attached hydrogen (secondary N) is 2. The Morgan fingerprint density at radius 3 is 2.53 bits per heavy atom. The van der Waals surface area contributed by atoms with Crippen LogP contribution in [-0.2, 0) is 24.2 Å². The molecule has 19 heavy (non-hydrogen) atoms. The van der Waals surface area contributed by atoms with Gasteiger partial charge in [0, 0.05) is 19.9 Å². The molecule has 0 rings (SSSR count). The van der Waals surface area contributed by atoms with Gasteiger partial charge >= 0.3 is 0 Å². The van der Waals surface area contributed by atoms with E-state index >= 15 is 0 Å². The summed E-state index contributed by atoms with van der Waals surface area (Å²) in [5.74, 6) is -1.75. The van der Waals surface area contributed by atoms with Crippen LogP contribution in [-0.4, -0.2) is 58.5 Å². The highest BCUT2D eigenvalue weighted by Gasteiger charge is 2.24. The topological polar surface area (TPSA) is 125 Å². The quantitative estimate of drug-likeness (QED) is 0.508. The van der Waals surface area contributed by atoms with Gasteiger partial charge in [0.15, 0.2) is 0 Å². The molecule has 8 nitrogen and oxygen atoms in total. The molecule has 0 saturated carbocycles. The summed E-state index contributed by atoms with van der Waals surface area (Å²) < 4.78 is 27.0. The van der Waals surface area contributed by atoms with Crippen LogP contribution in [0.3, 0.4) is 0 Å². The maximum atomic E-state index is 11.7. The molecule has 0 aliphatic carbocycles. The largest absolute Gasteiger partial charge is 0.375 e. The third-order valence-corrected chi connectivity index (χ3v) is 2.87. The summed E-state index contributed by atoms with van der Waals surface area (Å²) >= 11 is 0. The summed E-state index contributed by atoms with van der Waals surface area (Å²) in [5, 5.41) is 13.0. The van der Waals surface area contributed by atoms with Gasteiger partial charge in [-0.25, -0.2) is 8.42 Å². The Morgan fingerprint density at radius 2 is 2.05 bits per heavy atom. The van der Waals surface area contributed by atoms with Crippen molar-refractivity contribution in [3.05, 3.63) is 0 Å². The van der Waals surface area contributed by atoms with Crippen molar-refractivity contribution in [3.63, 3.8) is 0 Å². The second-order valence-corrected chi connectivity index (χ2v) is 6.03. The lowest BCUT2D eigenvalue weighted by molar-refractivity contribution is -0.130. The van der Waals surface area contributed by atoms with Crippen LogP contribution in [0.4, 0.5) is 0 Å². The first-order chi connectivity index (χ1) is 8.80.